The van der Waals surface area contributed by atoms with Crippen LogP contribution in [-0.2, 0) is 4.74 Å². The number of benzene rings is 1. The Kier molecular flexibility index (Phi) is 2.39. The highest BCUT2D eigenvalue weighted by Gasteiger charge is 2.31. The largest absolute Gasteiger partial charge is 0.446 e. The standard InChI is InChI=1S/C9H8INO2/c10-8-6-13-9(12)11(8)7-4-2-1-3-5-7/h1-5,8H,6H2. The predicted octanol–water partition coefficient (Wildman–Crippen LogP) is 2.40. The van der Waals surface area contributed by atoms with Crippen LogP contribution >= 0.6 is 22.6 Å². The van der Waals surface area contributed by atoms with Crippen molar-refractivity contribution in [2.45, 2.75) is 4.05 Å². The summed E-state index contributed by atoms with van der Waals surface area (Å²) in [5.41, 5.74) is 0.893. The summed E-state index contributed by atoms with van der Waals surface area (Å²) in [6, 6.07) is 9.54. The second-order valence-corrected chi connectivity index (χ2v) is 4.15. The molecule has 1 unspecified atom stereocenters. The number of amides is 1. The van der Waals surface area contributed by atoms with E-state index < -0.39 is 0 Å². The van der Waals surface area contributed by atoms with E-state index in [1.165, 1.54) is 0 Å². The molecular weight excluding hydrogens is 281 g/mol. The Morgan fingerprint density at radius 3 is 2.62 bits per heavy atom. The zero-order valence-corrected chi connectivity index (χ0v) is 8.97. The molecular formula is C9H8INO2. The first-order chi connectivity index (χ1) is 6.29. The van der Waals surface area contributed by atoms with Crippen LogP contribution in [0, 0.1) is 0 Å². The molecule has 0 aromatic heterocycles. The molecule has 1 fully saturated rings. The lowest BCUT2D eigenvalue weighted by Crippen LogP contribution is -2.28. The predicted molar refractivity (Wildman–Crippen MR) is 58.1 cm³/mol. The Balaban J connectivity index is 2.30. The average molecular weight is 289 g/mol. The molecule has 0 spiro atoms. The van der Waals surface area contributed by atoms with Gasteiger partial charge in [-0.05, 0) is 12.1 Å². The number of carbonyl (C=O) groups is 1. The highest BCUT2D eigenvalue weighted by Crippen LogP contribution is 2.25. The SMILES string of the molecule is O=C1OCC(I)N1c1ccccc1. The van der Waals surface area contributed by atoms with Gasteiger partial charge >= 0.3 is 6.09 Å². The molecule has 13 heavy (non-hydrogen) atoms. The number of carbonyl (C=O) groups excluding carboxylic acids is 1. The molecule has 1 atom stereocenters. The first-order valence-electron chi connectivity index (χ1n) is 3.94. The van der Waals surface area contributed by atoms with E-state index in [2.05, 4.69) is 22.6 Å². The van der Waals surface area contributed by atoms with E-state index in [-0.39, 0.29) is 10.1 Å². The van der Waals surface area contributed by atoms with Gasteiger partial charge in [-0.2, -0.15) is 0 Å². The Morgan fingerprint density at radius 1 is 1.38 bits per heavy atom. The molecule has 0 saturated carbocycles. The lowest BCUT2D eigenvalue weighted by Gasteiger charge is -2.16. The summed E-state index contributed by atoms with van der Waals surface area (Å²) in [4.78, 5) is 12.9. The summed E-state index contributed by atoms with van der Waals surface area (Å²) in [7, 11) is 0. The van der Waals surface area contributed by atoms with Crippen LogP contribution in [0.5, 0.6) is 0 Å². The van der Waals surface area contributed by atoms with Crippen molar-refractivity contribution >= 4 is 34.4 Å². The smallest absolute Gasteiger partial charge is 0.415 e. The quantitative estimate of drug-likeness (QED) is 0.451. The van der Waals surface area contributed by atoms with Crippen molar-refractivity contribution in [1.29, 1.82) is 0 Å². The molecule has 2 rings (SSSR count). The molecule has 0 N–H and O–H groups in total. The Morgan fingerprint density at radius 2 is 2.08 bits per heavy atom. The second-order valence-electron chi connectivity index (χ2n) is 2.72. The van der Waals surface area contributed by atoms with Crippen LogP contribution in [0.25, 0.3) is 0 Å². The first kappa shape index (κ1) is 8.80. The normalized spacial score (nSPS) is 21.8. The molecule has 1 aliphatic rings. The van der Waals surface area contributed by atoms with Gasteiger partial charge in [0.2, 0.25) is 0 Å². The fraction of sp³-hybridized carbons (Fsp3) is 0.222. The zero-order valence-electron chi connectivity index (χ0n) is 6.81. The Bertz CT molecular complexity index is 315. The lowest BCUT2D eigenvalue weighted by atomic mass is 10.3. The Hall–Kier alpha value is -0.780. The summed E-state index contributed by atoms with van der Waals surface area (Å²) in [5, 5.41) is 0. The number of para-hydroxylation sites is 1. The van der Waals surface area contributed by atoms with Crippen molar-refractivity contribution in [1.82, 2.24) is 0 Å². The van der Waals surface area contributed by atoms with E-state index in [0.717, 1.165) is 5.69 Å². The van der Waals surface area contributed by atoms with Gasteiger partial charge in [-0.25, -0.2) is 4.79 Å². The topological polar surface area (TPSA) is 29.5 Å². The van der Waals surface area contributed by atoms with Crippen LogP contribution < -0.4 is 4.90 Å². The highest BCUT2D eigenvalue weighted by molar-refractivity contribution is 14.1. The number of alkyl halides is 1. The van der Waals surface area contributed by atoms with Crippen LogP contribution in [0.2, 0.25) is 0 Å². The summed E-state index contributed by atoms with van der Waals surface area (Å²) in [6.07, 6.45) is -0.259. The minimum absolute atomic E-state index is 0.104. The van der Waals surface area contributed by atoms with Crippen LogP contribution in [0.15, 0.2) is 30.3 Å². The van der Waals surface area contributed by atoms with Crippen LogP contribution in [0.4, 0.5) is 10.5 Å². The van der Waals surface area contributed by atoms with E-state index >= 15 is 0 Å². The molecule has 68 valence electrons. The van der Waals surface area contributed by atoms with Gasteiger partial charge in [-0.1, -0.05) is 40.8 Å². The van der Waals surface area contributed by atoms with Crippen LogP contribution in [0.1, 0.15) is 0 Å². The molecule has 4 heteroatoms. The van der Waals surface area contributed by atoms with Crippen molar-refractivity contribution in [3.05, 3.63) is 30.3 Å². The molecule has 1 saturated heterocycles. The third-order valence-corrected chi connectivity index (χ3v) is 2.77. The van der Waals surface area contributed by atoms with Gasteiger partial charge in [0.05, 0.1) is 0 Å². The minimum Gasteiger partial charge on any atom is -0.446 e. The number of nitrogens with zero attached hydrogens (tertiary/aromatic N) is 1. The van der Waals surface area contributed by atoms with E-state index in [1.807, 2.05) is 30.3 Å². The van der Waals surface area contributed by atoms with E-state index in [1.54, 1.807) is 4.90 Å². The average Bonchev–Trinajstić information content (AvgIpc) is 2.48. The van der Waals surface area contributed by atoms with Gasteiger partial charge < -0.3 is 4.74 Å². The van der Waals surface area contributed by atoms with Crippen LogP contribution in [-0.4, -0.2) is 16.7 Å². The van der Waals surface area contributed by atoms with Gasteiger partial charge in [0.25, 0.3) is 0 Å². The molecule has 0 radical (unpaired) electrons. The van der Waals surface area contributed by atoms with Gasteiger partial charge in [0.1, 0.15) is 10.7 Å². The minimum atomic E-state index is -0.259. The maximum absolute atomic E-state index is 11.3. The monoisotopic (exact) mass is 289 g/mol. The molecule has 1 aliphatic heterocycles. The van der Waals surface area contributed by atoms with E-state index in [9.17, 15) is 4.79 Å². The summed E-state index contributed by atoms with van der Waals surface area (Å²) in [6.45, 7) is 0.467. The first-order valence-corrected chi connectivity index (χ1v) is 5.19. The number of hydrogen-bond donors (Lipinski definition) is 0. The summed E-state index contributed by atoms with van der Waals surface area (Å²) in [5.74, 6) is 0. The fourth-order valence-corrected chi connectivity index (χ4v) is 1.98. The Labute approximate surface area is 89.8 Å². The molecule has 1 amide bonds. The zero-order chi connectivity index (χ0) is 9.26. The lowest BCUT2D eigenvalue weighted by molar-refractivity contribution is 0.180. The fourth-order valence-electron chi connectivity index (χ4n) is 1.25. The number of halogens is 1. The number of rotatable bonds is 1. The van der Waals surface area contributed by atoms with Gasteiger partial charge in [-0.3, -0.25) is 4.90 Å². The molecule has 0 aliphatic carbocycles. The number of cyclic esters (lactones) is 1. The maximum atomic E-state index is 11.3. The second kappa shape index (κ2) is 3.53. The maximum Gasteiger partial charge on any atom is 0.415 e. The number of hydrogen-bond acceptors (Lipinski definition) is 2. The third-order valence-electron chi connectivity index (χ3n) is 1.86. The summed E-state index contributed by atoms with van der Waals surface area (Å²) >= 11 is 2.19. The third kappa shape index (κ3) is 1.63. The van der Waals surface area contributed by atoms with E-state index in [0.29, 0.717) is 6.61 Å². The molecule has 3 nitrogen and oxygen atoms in total. The summed E-state index contributed by atoms with van der Waals surface area (Å²) < 4.78 is 5.02. The molecule has 1 heterocycles. The molecule has 0 bridgehead atoms. The molecule has 1 aromatic carbocycles. The van der Waals surface area contributed by atoms with Gasteiger partial charge in [0, 0.05) is 5.69 Å². The van der Waals surface area contributed by atoms with Crippen molar-refractivity contribution in [2.75, 3.05) is 11.5 Å². The van der Waals surface area contributed by atoms with E-state index in [4.69, 9.17) is 4.74 Å². The number of anilines is 1. The van der Waals surface area contributed by atoms with Crippen molar-refractivity contribution in [2.24, 2.45) is 0 Å². The van der Waals surface area contributed by atoms with Crippen molar-refractivity contribution in [3.63, 3.8) is 0 Å². The number of ether oxygens (including phenoxy) is 1. The molecule has 1 aromatic rings. The van der Waals surface area contributed by atoms with Crippen molar-refractivity contribution in [3.8, 4) is 0 Å². The van der Waals surface area contributed by atoms with Gasteiger partial charge in [-0.15, -0.1) is 0 Å². The van der Waals surface area contributed by atoms with Crippen molar-refractivity contribution < 1.29 is 9.53 Å². The highest BCUT2D eigenvalue weighted by atomic mass is 127. The van der Waals surface area contributed by atoms with Crippen LogP contribution in [0.3, 0.4) is 0 Å². The van der Waals surface area contributed by atoms with Gasteiger partial charge in [0.15, 0.2) is 0 Å².